The second-order valence-corrected chi connectivity index (χ2v) is 7.64. The van der Waals surface area contributed by atoms with E-state index in [0.29, 0.717) is 12.1 Å². The van der Waals surface area contributed by atoms with Crippen molar-refractivity contribution in [2.75, 3.05) is 6.54 Å². The lowest BCUT2D eigenvalue weighted by Gasteiger charge is -2.15. The second kappa shape index (κ2) is 6.15. The molecule has 0 atom stereocenters. The molecule has 1 aromatic carbocycles. The van der Waals surface area contributed by atoms with Crippen LogP contribution in [0.4, 0.5) is 0 Å². The molecule has 1 saturated carbocycles. The average molecular weight is 311 g/mol. The SMILES string of the molecule is CCCC1(CNS(=O)(=O)Cc2ccc(C(=O)O)cc2)CC1. The highest BCUT2D eigenvalue weighted by Gasteiger charge is 2.41. The van der Waals surface area contributed by atoms with Crippen LogP contribution in [0.1, 0.15) is 48.5 Å². The second-order valence-electron chi connectivity index (χ2n) is 5.83. The Bertz CT molecular complexity index is 603. The molecule has 6 heteroatoms. The van der Waals surface area contributed by atoms with Crippen LogP contribution in [0.15, 0.2) is 24.3 Å². The van der Waals surface area contributed by atoms with Crippen molar-refractivity contribution in [3.05, 3.63) is 35.4 Å². The largest absolute Gasteiger partial charge is 0.478 e. The van der Waals surface area contributed by atoms with E-state index >= 15 is 0 Å². The summed E-state index contributed by atoms with van der Waals surface area (Å²) in [6.45, 7) is 2.62. The van der Waals surface area contributed by atoms with Crippen molar-refractivity contribution in [1.82, 2.24) is 4.72 Å². The third-order valence-corrected chi connectivity index (χ3v) is 5.26. The van der Waals surface area contributed by atoms with Gasteiger partial charge in [0, 0.05) is 6.54 Å². The van der Waals surface area contributed by atoms with Crippen LogP contribution in [0.3, 0.4) is 0 Å². The molecule has 1 fully saturated rings. The van der Waals surface area contributed by atoms with Crippen molar-refractivity contribution in [3.63, 3.8) is 0 Å². The fourth-order valence-electron chi connectivity index (χ4n) is 2.50. The van der Waals surface area contributed by atoms with E-state index in [1.165, 1.54) is 12.1 Å². The summed E-state index contributed by atoms with van der Waals surface area (Å²) in [4.78, 5) is 10.7. The van der Waals surface area contributed by atoms with Crippen molar-refractivity contribution in [3.8, 4) is 0 Å². The van der Waals surface area contributed by atoms with Crippen LogP contribution in [-0.2, 0) is 15.8 Å². The third kappa shape index (κ3) is 4.54. The number of nitrogens with one attached hydrogen (secondary N) is 1. The molecular weight excluding hydrogens is 290 g/mol. The first kappa shape index (κ1) is 16.0. The quantitative estimate of drug-likeness (QED) is 0.772. The molecule has 0 unspecified atom stereocenters. The van der Waals surface area contributed by atoms with Crippen molar-refractivity contribution in [2.45, 2.75) is 38.4 Å². The number of rotatable bonds is 8. The Kier molecular flexibility index (Phi) is 4.68. The molecule has 0 aliphatic heterocycles. The van der Waals surface area contributed by atoms with Gasteiger partial charge in [0.1, 0.15) is 0 Å². The topological polar surface area (TPSA) is 83.5 Å². The Morgan fingerprint density at radius 1 is 1.29 bits per heavy atom. The van der Waals surface area contributed by atoms with E-state index in [2.05, 4.69) is 11.6 Å². The fourth-order valence-corrected chi connectivity index (χ4v) is 3.76. The van der Waals surface area contributed by atoms with Crippen LogP contribution in [-0.4, -0.2) is 26.0 Å². The number of sulfonamides is 1. The van der Waals surface area contributed by atoms with E-state index in [0.717, 1.165) is 25.7 Å². The predicted molar refractivity (Wildman–Crippen MR) is 80.6 cm³/mol. The minimum atomic E-state index is -3.38. The summed E-state index contributed by atoms with van der Waals surface area (Å²) in [5.41, 5.74) is 0.923. The predicted octanol–water partition coefficient (Wildman–Crippen LogP) is 2.38. The van der Waals surface area contributed by atoms with Gasteiger partial charge in [-0.3, -0.25) is 0 Å². The van der Waals surface area contributed by atoms with Gasteiger partial charge < -0.3 is 5.11 Å². The number of hydrogen-bond acceptors (Lipinski definition) is 3. The molecular formula is C15H21NO4S. The summed E-state index contributed by atoms with van der Waals surface area (Å²) in [7, 11) is -3.38. The smallest absolute Gasteiger partial charge is 0.335 e. The number of aromatic carboxylic acids is 1. The van der Waals surface area contributed by atoms with E-state index in [1.54, 1.807) is 12.1 Å². The number of carbonyl (C=O) groups is 1. The van der Waals surface area contributed by atoms with Crippen molar-refractivity contribution in [2.24, 2.45) is 5.41 Å². The highest BCUT2D eigenvalue weighted by atomic mass is 32.2. The Morgan fingerprint density at radius 2 is 1.90 bits per heavy atom. The first-order chi connectivity index (χ1) is 9.86. The van der Waals surface area contributed by atoms with Crippen molar-refractivity contribution < 1.29 is 18.3 Å². The van der Waals surface area contributed by atoms with Gasteiger partial charge in [-0.05, 0) is 42.4 Å². The first-order valence-electron chi connectivity index (χ1n) is 7.15. The van der Waals surface area contributed by atoms with Crippen molar-refractivity contribution in [1.29, 1.82) is 0 Å². The highest BCUT2D eigenvalue weighted by Crippen LogP contribution is 2.49. The molecule has 1 aliphatic rings. The molecule has 0 bridgehead atoms. The molecule has 5 nitrogen and oxygen atoms in total. The van der Waals surface area contributed by atoms with Crippen molar-refractivity contribution >= 4 is 16.0 Å². The molecule has 0 amide bonds. The Labute approximate surface area is 125 Å². The maximum atomic E-state index is 12.1. The fraction of sp³-hybridized carbons (Fsp3) is 0.533. The van der Waals surface area contributed by atoms with Crippen LogP contribution >= 0.6 is 0 Å². The van der Waals surface area contributed by atoms with E-state index < -0.39 is 16.0 Å². The Hall–Kier alpha value is -1.40. The molecule has 1 aromatic rings. The third-order valence-electron chi connectivity index (χ3n) is 3.96. The summed E-state index contributed by atoms with van der Waals surface area (Å²) in [6.07, 6.45) is 4.31. The zero-order valence-corrected chi connectivity index (χ0v) is 12.9. The minimum absolute atomic E-state index is 0.116. The van der Waals surface area contributed by atoms with E-state index in [-0.39, 0.29) is 16.7 Å². The van der Waals surface area contributed by atoms with E-state index in [4.69, 9.17) is 5.11 Å². The first-order valence-corrected chi connectivity index (χ1v) is 8.81. The molecule has 2 N–H and O–H groups in total. The van der Waals surface area contributed by atoms with Crippen LogP contribution in [0.25, 0.3) is 0 Å². The lowest BCUT2D eigenvalue weighted by atomic mass is 10.0. The lowest BCUT2D eigenvalue weighted by molar-refractivity contribution is 0.0697. The lowest BCUT2D eigenvalue weighted by Crippen LogP contribution is -2.31. The van der Waals surface area contributed by atoms with Crippen LogP contribution < -0.4 is 4.72 Å². The Morgan fingerprint density at radius 3 is 2.38 bits per heavy atom. The number of carboxylic acid groups (broad SMARTS) is 1. The van der Waals surface area contributed by atoms with Gasteiger partial charge in [0.2, 0.25) is 10.0 Å². The van der Waals surface area contributed by atoms with E-state index in [9.17, 15) is 13.2 Å². The highest BCUT2D eigenvalue weighted by molar-refractivity contribution is 7.88. The van der Waals surface area contributed by atoms with Crippen LogP contribution in [0.2, 0.25) is 0 Å². The zero-order valence-electron chi connectivity index (χ0n) is 12.1. The summed E-state index contributed by atoms with van der Waals surface area (Å²) in [6, 6.07) is 5.93. The maximum absolute atomic E-state index is 12.1. The van der Waals surface area contributed by atoms with Gasteiger partial charge in [-0.1, -0.05) is 25.5 Å². The molecule has 0 radical (unpaired) electrons. The summed E-state index contributed by atoms with van der Waals surface area (Å²) in [5, 5.41) is 8.81. The van der Waals surface area contributed by atoms with Crippen LogP contribution in [0, 0.1) is 5.41 Å². The van der Waals surface area contributed by atoms with Gasteiger partial charge >= 0.3 is 5.97 Å². The van der Waals surface area contributed by atoms with Crippen LogP contribution in [0.5, 0.6) is 0 Å². The Balaban J connectivity index is 1.93. The van der Waals surface area contributed by atoms with Gasteiger partial charge in [-0.25, -0.2) is 17.9 Å². The van der Waals surface area contributed by atoms with Gasteiger partial charge in [0.25, 0.3) is 0 Å². The number of hydrogen-bond donors (Lipinski definition) is 2. The molecule has 0 spiro atoms. The average Bonchev–Trinajstić information content (AvgIpc) is 3.18. The molecule has 1 aliphatic carbocycles. The maximum Gasteiger partial charge on any atom is 0.335 e. The van der Waals surface area contributed by atoms with Gasteiger partial charge in [-0.2, -0.15) is 0 Å². The van der Waals surface area contributed by atoms with Gasteiger partial charge in [-0.15, -0.1) is 0 Å². The number of benzene rings is 1. The monoisotopic (exact) mass is 311 g/mol. The summed E-state index contributed by atoms with van der Waals surface area (Å²) in [5.74, 6) is -1.13. The van der Waals surface area contributed by atoms with Gasteiger partial charge in [0.15, 0.2) is 0 Å². The summed E-state index contributed by atoms with van der Waals surface area (Å²) < 4.78 is 26.8. The number of carboxylic acids is 1. The zero-order chi connectivity index (χ0) is 15.5. The molecule has 2 rings (SSSR count). The molecule has 0 saturated heterocycles. The summed E-state index contributed by atoms with van der Waals surface area (Å²) >= 11 is 0. The molecule has 0 heterocycles. The normalized spacial score (nSPS) is 16.6. The standard InChI is InChI=1S/C15H21NO4S/c1-2-7-15(8-9-15)11-16-21(19,20)10-12-3-5-13(6-4-12)14(17)18/h3-6,16H,2,7-11H2,1H3,(H,17,18). The molecule has 116 valence electrons. The van der Waals surface area contributed by atoms with E-state index in [1.807, 2.05) is 0 Å². The molecule has 0 aromatic heterocycles. The van der Waals surface area contributed by atoms with Gasteiger partial charge in [0.05, 0.1) is 11.3 Å². The minimum Gasteiger partial charge on any atom is -0.478 e. The molecule has 21 heavy (non-hydrogen) atoms.